The molecule has 0 amide bonds. The van der Waals surface area contributed by atoms with Crippen molar-refractivity contribution in [3.8, 4) is 0 Å². The molecular formula is C14H22N2. The van der Waals surface area contributed by atoms with Gasteiger partial charge in [-0.25, -0.2) is 0 Å². The summed E-state index contributed by atoms with van der Waals surface area (Å²) in [6, 6.07) is 8.55. The Morgan fingerprint density at radius 1 is 1.12 bits per heavy atom. The van der Waals surface area contributed by atoms with Crippen LogP contribution in [0.15, 0.2) is 24.3 Å². The van der Waals surface area contributed by atoms with Crippen LogP contribution in [0, 0.1) is 5.92 Å². The number of hydrogen-bond acceptors (Lipinski definition) is 2. The van der Waals surface area contributed by atoms with Crippen molar-refractivity contribution in [2.75, 3.05) is 6.54 Å². The number of hydrogen-bond donors (Lipinski definition) is 2. The minimum absolute atomic E-state index is 0.634. The highest BCUT2D eigenvalue weighted by molar-refractivity contribution is 5.22. The Morgan fingerprint density at radius 2 is 1.81 bits per heavy atom. The molecule has 2 rings (SSSR count). The Hall–Kier alpha value is -0.860. The normalized spacial score (nSPS) is 15.3. The van der Waals surface area contributed by atoms with Crippen LogP contribution in [0.4, 0.5) is 0 Å². The molecule has 1 aliphatic rings. The van der Waals surface area contributed by atoms with Crippen LogP contribution in [-0.4, -0.2) is 6.54 Å². The molecule has 0 aromatic heterocycles. The average Bonchev–Trinajstić information content (AvgIpc) is 3.13. The minimum atomic E-state index is 0.634. The van der Waals surface area contributed by atoms with E-state index in [-0.39, 0.29) is 0 Å². The second-order valence-electron chi connectivity index (χ2n) is 4.78. The first kappa shape index (κ1) is 11.6. The second-order valence-corrected chi connectivity index (χ2v) is 4.78. The lowest BCUT2D eigenvalue weighted by molar-refractivity contribution is 0.594. The van der Waals surface area contributed by atoms with Gasteiger partial charge in [0, 0.05) is 13.1 Å². The van der Waals surface area contributed by atoms with Gasteiger partial charge in [-0.15, -0.1) is 0 Å². The van der Waals surface area contributed by atoms with Crippen LogP contribution in [0.2, 0.25) is 0 Å². The maximum absolute atomic E-state index is 5.56. The molecular weight excluding hydrogens is 196 g/mol. The predicted molar refractivity (Wildman–Crippen MR) is 68.0 cm³/mol. The van der Waals surface area contributed by atoms with Crippen molar-refractivity contribution in [2.45, 2.75) is 38.8 Å². The van der Waals surface area contributed by atoms with E-state index in [1.165, 1.54) is 36.8 Å². The van der Waals surface area contributed by atoms with Crippen LogP contribution in [0.1, 0.15) is 36.8 Å². The third-order valence-corrected chi connectivity index (χ3v) is 3.25. The molecule has 2 nitrogen and oxygen atoms in total. The Morgan fingerprint density at radius 3 is 2.44 bits per heavy atom. The molecule has 2 heteroatoms. The summed E-state index contributed by atoms with van der Waals surface area (Å²) in [5.74, 6) is 1.06. The number of rotatable bonds is 7. The summed E-state index contributed by atoms with van der Waals surface area (Å²) in [6.07, 6.45) is 5.69. The second kappa shape index (κ2) is 6.02. The first-order valence-electron chi connectivity index (χ1n) is 6.37. The summed E-state index contributed by atoms with van der Waals surface area (Å²) in [5, 5.41) is 3.49. The van der Waals surface area contributed by atoms with Crippen LogP contribution in [0.25, 0.3) is 0 Å². The summed E-state index contributed by atoms with van der Waals surface area (Å²) >= 11 is 0. The zero-order chi connectivity index (χ0) is 11.2. The van der Waals surface area contributed by atoms with E-state index >= 15 is 0 Å². The van der Waals surface area contributed by atoms with Crippen LogP contribution in [0.3, 0.4) is 0 Å². The smallest absolute Gasteiger partial charge is 0.0205 e. The molecule has 1 fully saturated rings. The van der Waals surface area contributed by atoms with Gasteiger partial charge in [-0.3, -0.25) is 0 Å². The van der Waals surface area contributed by atoms with Crippen molar-refractivity contribution >= 4 is 0 Å². The standard InChI is InChI=1S/C14H22N2/c15-10-13-5-7-14(8-6-13)11-16-9-1-2-12-3-4-12/h5-8,12,16H,1-4,9-11,15H2. The van der Waals surface area contributed by atoms with E-state index in [0.717, 1.165) is 19.0 Å². The molecule has 0 saturated heterocycles. The third kappa shape index (κ3) is 3.95. The molecule has 1 aromatic rings. The van der Waals surface area contributed by atoms with E-state index in [4.69, 9.17) is 5.73 Å². The molecule has 0 radical (unpaired) electrons. The topological polar surface area (TPSA) is 38.0 Å². The van der Waals surface area contributed by atoms with Gasteiger partial charge in [0.05, 0.1) is 0 Å². The van der Waals surface area contributed by atoms with E-state index in [2.05, 4.69) is 29.6 Å². The fourth-order valence-corrected chi connectivity index (χ4v) is 1.95. The summed E-state index contributed by atoms with van der Waals surface area (Å²) in [5.41, 5.74) is 8.11. The predicted octanol–water partition coefficient (Wildman–Crippen LogP) is 2.43. The fraction of sp³-hybridized carbons (Fsp3) is 0.571. The van der Waals surface area contributed by atoms with E-state index in [1.54, 1.807) is 0 Å². The number of nitrogens with two attached hydrogens (primary N) is 1. The van der Waals surface area contributed by atoms with Crippen molar-refractivity contribution in [1.29, 1.82) is 0 Å². The van der Waals surface area contributed by atoms with Gasteiger partial charge >= 0.3 is 0 Å². The van der Waals surface area contributed by atoms with Crippen molar-refractivity contribution in [3.63, 3.8) is 0 Å². The van der Waals surface area contributed by atoms with Gasteiger partial charge in [0.25, 0.3) is 0 Å². The monoisotopic (exact) mass is 218 g/mol. The van der Waals surface area contributed by atoms with Crippen molar-refractivity contribution in [1.82, 2.24) is 5.32 Å². The lowest BCUT2D eigenvalue weighted by Gasteiger charge is -2.05. The molecule has 88 valence electrons. The summed E-state index contributed by atoms with van der Waals surface area (Å²) < 4.78 is 0. The lowest BCUT2D eigenvalue weighted by atomic mass is 10.1. The van der Waals surface area contributed by atoms with Crippen LogP contribution < -0.4 is 11.1 Å². The highest BCUT2D eigenvalue weighted by atomic mass is 14.8. The Balaban J connectivity index is 1.60. The molecule has 0 aliphatic heterocycles. The highest BCUT2D eigenvalue weighted by Crippen LogP contribution is 2.33. The van der Waals surface area contributed by atoms with Crippen molar-refractivity contribution in [2.24, 2.45) is 11.7 Å². The average molecular weight is 218 g/mol. The van der Waals surface area contributed by atoms with Gasteiger partial charge in [-0.1, -0.05) is 37.1 Å². The Labute approximate surface area is 98.2 Å². The molecule has 1 saturated carbocycles. The van der Waals surface area contributed by atoms with Crippen LogP contribution >= 0.6 is 0 Å². The zero-order valence-electron chi connectivity index (χ0n) is 9.91. The third-order valence-electron chi connectivity index (χ3n) is 3.25. The Bertz CT molecular complexity index is 301. The molecule has 1 aromatic carbocycles. The summed E-state index contributed by atoms with van der Waals surface area (Å²) in [6.45, 7) is 2.76. The first-order valence-corrected chi connectivity index (χ1v) is 6.37. The van der Waals surface area contributed by atoms with Crippen molar-refractivity contribution < 1.29 is 0 Å². The van der Waals surface area contributed by atoms with Gasteiger partial charge in [0.2, 0.25) is 0 Å². The van der Waals surface area contributed by atoms with Crippen molar-refractivity contribution in [3.05, 3.63) is 35.4 Å². The largest absolute Gasteiger partial charge is 0.326 e. The van der Waals surface area contributed by atoms with E-state index < -0.39 is 0 Å². The summed E-state index contributed by atoms with van der Waals surface area (Å²) in [7, 11) is 0. The van der Waals surface area contributed by atoms with E-state index in [0.29, 0.717) is 6.54 Å². The van der Waals surface area contributed by atoms with E-state index in [1.807, 2.05) is 0 Å². The minimum Gasteiger partial charge on any atom is -0.326 e. The lowest BCUT2D eigenvalue weighted by Crippen LogP contribution is -2.14. The maximum Gasteiger partial charge on any atom is 0.0205 e. The molecule has 0 unspecified atom stereocenters. The SMILES string of the molecule is NCc1ccc(CNCCCC2CC2)cc1. The maximum atomic E-state index is 5.56. The van der Waals surface area contributed by atoms with Gasteiger partial charge < -0.3 is 11.1 Å². The first-order chi connectivity index (χ1) is 7.88. The number of nitrogens with one attached hydrogen (secondary N) is 1. The number of benzene rings is 1. The fourth-order valence-electron chi connectivity index (χ4n) is 1.95. The molecule has 0 atom stereocenters. The van der Waals surface area contributed by atoms with Gasteiger partial charge in [-0.05, 0) is 36.4 Å². The molecule has 0 heterocycles. The van der Waals surface area contributed by atoms with Crippen LogP contribution in [0.5, 0.6) is 0 Å². The Kier molecular flexibility index (Phi) is 4.37. The highest BCUT2D eigenvalue weighted by Gasteiger charge is 2.19. The van der Waals surface area contributed by atoms with Gasteiger partial charge in [-0.2, -0.15) is 0 Å². The van der Waals surface area contributed by atoms with Crippen LogP contribution in [-0.2, 0) is 13.1 Å². The quantitative estimate of drug-likeness (QED) is 0.690. The van der Waals surface area contributed by atoms with E-state index in [9.17, 15) is 0 Å². The van der Waals surface area contributed by atoms with Gasteiger partial charge in [0.15, 0.2) is 0 Å². The zero-order valence-corrected chi connectivity index (χ0v) is 9.91. The summed E-state index contributed by atoms with van der Waals surface area (Å²) in [4.78, 5) is 0. The molecule has 1 aliphatic carbocycles. The van der Waals surface area contributed by atoms with Gasteiger partial charge in [0.1, 0.15) is 0 Å². The molecule has 0 spiro atoms. The molecule has 16 heavy (non-hydrogen) atoms. The molecule has 0 bridgehead atoms. The molecule has 3 N–H and O–H groups in total.